The van der Waals surface area contributed by atoms with Crippen LogP contribution in [0.1, 0.15) is 23.7 Å². The monoisotopic (exact) mass is 284 g/mol. The molecule has 6 heteroatoms. The van der Waals surface area contributed by atoms with E-state index in [4.69, 9.17) is 5.73 Å². The quantitative estimate of drug-likeness (QED) is 0.924. The SMILES string of the molecule is CC1CC(N)CN(C(=O)c2ccccc2OC(F)F)C1. The van der Waals surface area contributed by atoms with Crippen LogP contribution < -0.4 is 10.5 Å². The Balaban J connectivity index is 2.20. The minimum atomic E-state index is -2.95. The van der Waals surface area contributed by atoms with E-state index in [1.807, 2.05) is 6.92 Å². The van der Waals surface area contributed by atoms with Crippen LogP contribution in [0, 0.1) is 5.92 Å². The lowest BCUT2D eigenvalue weighted by Gasteiger charge is -2.35. The summed E-state index contributed by atoms with van der Waals surface area (Å²) in [4.78, 5) is 14.0. The summed E-state index contributed by atoms with van der Waals surface area (Å²) in [6, 6.07) is 5.96. The van der Waals surface area contributed by atoms with Gasteiger partial charge in [0.25, 0.3) is 5.91 Å². The number of carbonyl (C=O) groups excluding carboxylic acids is 1. The van der Waals surface area contributed by atoms with Gasteiger partial charge < -0.3 is 15.4 Å². The second-order valence-electron chi connectivity index (χ2n) is 5.19. The molecule has 1 aromatic carbocycles. The zero-order valence-electron chi connectivity index (χ0n) is 11.3. The van der Waals surface area contributed by atoms with Gasteiger partial charge in [0.1, 0.15) is 5.75 Å². The van der Waals surface area contributed by atoms with Gasteiger partial charge >= 0.3 is 6.61 Å². The minimum Gasteiger partial charge on any atom is -0.434 e. The van der Waals surface area contributed by atoms with E-state index in [1.54, 1.807) is 17.0 Å². The molecule has 2 unspecified atom stereocenters. The molecule has 1 heterocycles. The van der Waals surface area contributed by atoms with Gasteiger partial charge in [0, 0.05) is 19.1 Å². The number of hydrogen-bond donors (Lipinski definition) is 1. The van der Waals surface area contributed by atoms with Crippen molar-refractivity contribution < 1.29 is 18.3 Å². The number of para-hydroxylation sites is 1. The Morgan fingerprint density at radius 2 is 2.10 bits per heavy atom. The van der Waals surface area contributed by atoms with Gasteiger partial charge in [-0.25, -0.2) is 0 Å². The molecule has 1 aromatic rings. The first-order valence-corrected chi connectivity index (χ1v) is 6.56. The summed E-state index contributed by atoms with van der Waals surface area (Å²) in [6.07, 6.45) is 0.860. The highest BCUT2D eigenvalue weighted by Crippen LogP contribution is 2.24. The molecule has 1 fully saturated rings. The Hall–Kier alpha value is -1.69. The van der Waals surface area contributed by atoms with E-state index in [1.165, 1.54) is 12.1 Å². The van der Waals surface area contributed by atoms with E-state index < -0.39 is 6.61 Å². The second-order valence-corrected chi connectivity index (χ2v) is 5.19. The fraction of sp³-hybridized carbons (Fsp3) is 0.500. The number of alkyl halides is 2. The van der Waals surface area contributed by atoms with Crippen molar-refractivity contribution in [1.82, 2.24) is 4.90 Å². The van der Waals surface area contributed by atoms with Crippen molar-refractivity contribution in [2.75, 3.05) is 13.1 Å². The zero-order valence-corrected chi connectivity index (χ0v) is 11.3. The highest BCUT2D eigenvalue weighted by atomic mass is 19.3. The number of ether oxygens (including phenoxy) is 1. The molecule has 0 aromatic heterocycles. The summed E-state index contributed by atoms with van der Waals surface area (Å²) in [5, 5.41) is 0. The molecule has 2 N–H and O–H groups in total. The highest BCUT2D eigenvalue weighted by molar-refractivity contribution is 5.97. The number of amides is 1. The summed E-state index contributed by atoms with van der Waals surface area (Å²) >= 11 is 0. The first kappa shape index (κ1) is 14.7. The van der Waals surface area contributed by atoms with Crippen LogP contribution in [0.15, 0.2) is 24.3 Å². The van der Waals surface area contributed by atoms with Gasteiger partial charge in [0.15, 0.2) is 0 Å². The molecule has 4 nitrogen and oxygen atoms in total. The maximum atomic E-state index is 12.4. The molecule has 110 valence electrons. The summed E-state index contributed by atoms with van der Waals surface area (Å²) in [6.45, 7) is 0.0780. The number of halogens is 2. The van der Waals surface area contributed by atoms with Crippen LogP contribution in [0.5, 0.6) is 5.75 Å². The maximum Gasteiger partial charge on any atom is 0.387 e. The molecule has 1 amide bonds. The van der Waals surface area contributed by atoms with E-state index in [2.05, 4.69) is 4.74 Å². The van der Waals surface area contributed by atoms with Crippen molar-refractivity contribution in [3.8, 4) is 5.75 Å². The standard InChI is InChI=1S/C14H18F2N2O2/c1-9-6-10(17)8-18(7-9)13(19)11-4-2-3-5-12(11)20-14(15)16/h2-5,9-10,14H,6-8,17H2,1H3. The lowest BCUT2D eigenvalue weighted by molar-refractivity contribution is -0.0503. The first-order valence-electron chi connectivity index (χ1n) is 6.56. The van der Waals surface area contributed by atoms with E-state index in [0.717, 1.165) is 6.42 Å². The summed E-state index contributed by atoms with van der Waals surface area (Å²) in [7, 11) is 0. The van der Waals surface area contributed by atoms with Crippen LogP contribution in [-0.4, -0.2) is 36.5 Å². The third kappa shape index (κ3) is 3.45. The number of nitrogens with two attached hydrogens (primary N) is 1. The van der Waals surface area contributed by atoms with Gasteiger partial charge in [-0.3, -0.25) is 4.79 Å². The van der Waals surface area contributed by atoms with Gasteiger partial charge in [-0.1, -0.05) is 19.1 Å². The Morgan fingerprint density at radius 3 is 2.75 bits per heavy atom. The molecule has 2 rings (SSSR count). The molecule has 0 bridgehead atoms. The lowest BCUT2D eigenvalue weighted by atomic mass is 9.96. The number of hydrogen-bond acceptors (Lipinski definition) is 3. The van der Waals surface area contributed by atoms with Gasteiger partial charge in [-0.2, -0.15) is 8.78 Å². The average molecular weight is 284 g/mol. The number of piperidine rings is 1. The van der Waals surface area contributed by atoms with Crippen molar-refractivity contribution in [2.45, 2.75) is 26.0 Å². The molecule has 1 aliphatic heterocycles. The molecular weight excluding hydrogens is 266 g/mol. The number of benzene rings is 1. The van der Waals surface area contributed by atoms with Crippen LogP contribution in [0.4, 0.5) is 8.78 Å². The summed E-state index contributed by atoms with van der Waals surface area (Å²) in [5.41, 5.74) is 6.05. The average Bonchev–Trinajstić information content (AvgIpc) is 2.36. The topological polar surface area (TPSA) is 55.6 Å². The van der Waals surface area contributed by atoms with Crippen molar-refractivity contribution in [1.29, 1.82) is 0 Å². The van der Waals surface area contributed by atoms with Crippen LogP contribution >= 0.6 is 0 Å². The molecule has 0 aliphatic carbocycles. The van der Waals surface area contributed by atoms with Gasteiger partial charge in [0.05, 0.1) is 5.56 Å². The fourth-order valence-corrected chi connectivity index (χ4v) is 2.58. The third-order valence-corrected chi connectivity index (χ3v) is 3.31. The Morgan fingerprint density at radius 1 is 1.40 bits per heavy atom. The van der Waals surface area contributed by atoms with Crippen molar-refractivity contribution in [3.05, 3.63) is 29.8 Å². The van der Waals surface area contributed by atoms with Crippen LogP contribution in [-0.2, 0) is 0 Å². The molecular formula is C14H18F2N2O2. The van der Waals surface area contributed by atoms with E-state index in [-0.39, 0.29) is 23.3 Å². The lowest BCUT2D eigenvalue weighted by Crippen LogP contribution is -2.48. The largest absolute Gasteiger partial charge is 0.434 e. The molecule has 0 spiro atoms. The summed E-state index contributed by atoms with van der Waals surface area (Å²) in [5.74, 6) is -0.117. The molecule has 0 radical (unpaired) electrons. The Kier molecular flexibility index (Phi) is 4.54. The van der Waals surface area contributed by atoms with Crippen LogP contribution in [0.25, 0.3) is 0 Å². The van der Waals surface area contributed by atoms with Crippen LogP contribution in [0.3, 0.4) is 0 Å². The third-order valence-electron chi connectivity index (χ3n) is 3.31. The van der Waals surface area contributed by atoms with Crippen molar-refractivity contribution in [2.24, 2.45) is 11.7 Å². The number of nitrogens with zero attached hydrogens (tertiary/aromatic N) is 1. The van der Waals surface area contributed by atoms with Gasteiger partial charge in [-0.05, 0) is 24.5 Å². The normalized spacial score (nSPS) is 22.9. The van der Waals surface area contributed by atoms with Crippen molar-refractivity contribution in [3.63, 3.8) is 0 Å². The van der Waals surface area contributed by atoms with E-state index in [9.17, 15) is 13.6 Å². The Labute approximate surface area is 116 Å². The number of likely N-dealkylation sites (tertiary alicyclic amines) is 1. The minimum absolute atomic E-state index is 0.0779. The second kappa shape index (κ2) is 6.17. The molecule has 1 aliphatic rings. The number of carbonyl (C=O) groups is 1. The molecule has 20 heavy (non-hydrogen) atoms. The molecule has 0 saturated carbocycles. The zero-order chi connectivity index (χ0) is 14.7. The molecule has 1 saturated heterocycles. The molecule has 2 atom stereocenters. The Bertz CT molecular complexity index is 472. The summed E-state index contributed by atoms with van der Waals surface area (Å²) < 4.78 is 29.1. The van der Waals surface area contributed by atoms with E-state index >= 15 is 0 Å². The van der Waals surface area contributed by atoms with Crippen molar-refractivity contribution >= 4 is 5.91 Å². The first-order chi connectivity index (χ1) is 9.47. The smallest absolute Gasteiger partial charge is 0.387 e. The van der Waals surface area contributed by atoms with Gasteiger partial charge in [0.2, 0.25) is 0 Å². The predicted octanol–water partition coefficient (Wildman–Crippen LogP) is 2.10. The van der Waals surface area contributed by atoms with E-state index in [0.29, 0.717) is 19.0 Å². The van der Waals surface area contributed by atoms with Gasteiger partial charge in [-0.15, -0.1) is 0 Å². The predicted molar refractivity (Wildman–Crippen MR) is 70.7 cm³/mol. The maximum absolute atomic E-state index is 12.4. The fourth-order valence-electron chi connectivity index (χ4n) is 2.58. The van der Waals surface area contributed by atoms with Crippen LogP contribution in [0.2, 0.25) is 0 Å². The highest BCUT2D eigenvalue weighted by Gasteiger charge is 2.28. The number of rotatable bonds is 3.